The summed E-state index contributed by atoms with van der Waals surface area (Å²) in [6.45, 7) is 0. The van der Waals surface area contributed by atoms with Gasteiger partial charge in [0.2, 0.25) is 0 Å². The summed E-state index contributed by atoms with van der Waals surface area (Å²) in [4.78, 5) is 9.04. The third kappa shape index (κ3) is 1.82. The van der Waals surface area contributed by atoms with Crippen molar-refractivity contribution in [2.24, 2.45) is 0 Å². The highest BCUT2D eigenvalue weighted by molar-refractivity contribution is 6.50. The normalized spacial score (nSPS) is 33.7. The van der Waals surface area contributed by atoms with Crippen LogP contribution in [-0.2, 0) is 4.79 Å². The van der Waals surface area contributed by atoms with Gasteiger partial charge < -0.3 is 5.11 Å². The first-order valence-corrected chi connectivity index (χ1v) is 4.77. The van der Waals surface area contributed by atoms with Crippen molar-refractivity contribution in [2.75, 3.05) is 0 Å². The second-order valence-corrected chi connectivity index (χ2v) is 4.34. The summed E-state index contributed by atoms with van der Waals surface area (Å²) in [5.74, 6) is -1.26. The number of allylic oxidation sites excluding steroid dienone is 3. The van der Waals surface area contributed by atoms with E-state index in [9.17, 15) is 4.79 Å². The minimum absolute atomic E-state index is 0.0447. The van der Waals surface area contributed by atoms with Gasteiger partial charge in [-0.3, -0.25) is 0 Å². The molecule has 13 heavy (non-hydrogen) atoms. The van der Waals surface area contributed by atoms with Gasteiger partial charge in [-0.25, -0.2) is 4.79 Å². The van der Waals surface area contributed by atoms with Gasteiger partial charge in [-0.05, 0) is 12.2 Å². The van der Waals surface area contributed by atoms with Gasteiger partial charge in [-0.2, -0.15) is 0 Å². The Balaban J connectivity index is 3.12. The summed E-state index contributed by atoms with van der Waals surface area (Å²) in [5.41, 5.74) is 0. The smallest absolute Gasteiger partial charge is 0.330 e. The maximum absolute atomic E-state index is 10.7. The molecule has 0 saturated heterocycles. The maximum atomic E-state index is 10.7. The molecule has 0 aromatic heterocycles. The minimum atomic E-state index is -1.71. The summed E-state index contributed by atoms with van der Waals surface area (Å²) < 4.78 is 0. The fourth-order valence-corrected chi connectivity index (χ4v) is 1.82. The number of rotatable bonds is 1. The van der Waals surface area contributed by atoms with Crippen molar-refractivity contribution in [1.29, 1.82) is 0 Å². The molecule has 0 aromatic carbocycles. The Hall–Kier alpha value is 0.110. The number of carbonyl (C=O) groups is 1. The lowest BCUT2D eigenvalue weighted by Crippen LogP contribution is -2.41. The molecule has 0 aromatic rings. The molecular weight excluding hydrogens is 258 g/mol. The van der Waals surface area contributed by atoms with E-state index in [1.54, 1.807) is 0 Å². The third-order valence-corrected chi connectivity index (χ3v) is 3.76. The Morgan fingerprint density at radius 2 is 2.08 bits per heavy atom. The Bertz CT molecular complexity index is 310. The molecule has 0 aliphatic heterocycles. The van der Waals surface area contributed by atoms with Gasteiger partial charge in [0, 0.05) is 0 Å². The SMILES string of the molecule is O=C(O)C1(Cl)C=CC(Cl)=C(Cl)C1Cl. The third-order valence-electron chi connectivity index (χ3n) is 1.62. The van der Waals surface area contributed by atoms with Crippen LogP contribution in [0.25, 0.3) is 0 Å². The maximum Gasteiger partial charge on any atom is 0.330 e. The molecule has 1 N–H and O–H groups in total. The monoisotopic (exact) mass is 260 g/mol. The molecule has 2 atom stereocenters. The second kappa shape index (κ2) is 3.70. The molecule has 0 amide bonds. The highest BCUT2D eigenvalue weighted by Gasteiger charge is 2.45. The largest absolute Gasteiger partial charge is 0.480 e. The molecule has 72 valence electrons. The molecule has 1 aliphatic carbocycles. The van der Waals surface area contributed by atoms with Crippen LogP contribution in [0.2, 0.25) is 0 Å². The quantitative estimate of drug-likeness (QED) is 0.737. The van der Waals surface area contributed by atoms with Crippen LogP contribution >= 0.6 is 46.4 Å². The van der Waals surface area contributed by atoms with Crippen LogP contribution in [-0.4, -0.2) is 21.3 Å². The van der Waals surface area contributed by atoms with Crippen molar-refractivity contribution in [3.8, 4) is 0 Å². The van der Waals surface area contributed by atoms with E-state index in [1.807, 2.05) is 0 Å². The van der Waals surface area contributed by atoms with Gasteiger partial charge in [0.25, 0.3) is 0 Å². The average molecular weight is 262 g/mol. The van der Waals surface area contributed by atoms with Crippen molar-refractivity contribution in [3.05, 3.63) is 22.2 Å². The zero-order chi connectivity index (χ0) is 10.2. The molecule has 1 aliphatic rings. The molecule has 0 fully saturated rings. The van der Waals surface area contributed by atoms with E-state index in [2.05, 4.69) is 0 Å². The van der Waals surface area contributed by atoms with E-state index in [-0.39, 0.29) is 10.1 Å². The van der Waals surface area contributed by atoms with Crippen molar-refractivity contribution in [3.63, 3.8) is 0 Å². The van der Waals surface area contributed by atoms with Crippen LogP contribution < -0.4 is 0 Å². The van der Waals surface area contributed by atoms with E-state index in [0.717, 1.165) is 0 Å². The van der Waals surface area contributed by atoms with Gasteiger partial charge in [0.15, 0.2) is 4.87 Å². The standard InChI is InChI=1S/C7H4Cl4O2/c8-3-1-2-7(11,6(12)13)5(10)4(3)9/h1-2,5H,(H,12,13). The molecule has 2 nitrogen and oxygen atoms in total. The summed E-state index contributed by atoms with van der Waals surface area (Å²) in [6, 6.07) is 0. The average Bonchev–Trinajstić information content (AvgIpc) is 2.08. The number of carboxylic acids is 1. The number of hydrogen-bond donors (Lipinski definition) is 1. The lowest BCUT2D eigenvalue weighted by Gasteiger charge is -2.26. The second-order valence-electron chi connectivity index (χ2n) is 2.46. The van der Waals surface area contributed by atoms with Crippen LogP contribution in [0.15, 0.2) is 22.2 Å². The number of alkyl halides is 2. The predicted octanol–water partition coefficient (Wildman–Crippen LogP) is 2.92. The fourth-order valence-electron chi connectivity index (χ4n) is 0.844. The first kappa shape index (κ1) is 11.2. The van der Waals surface area contributed by atoms with Gasteiger partial charge in [0.05, 0.1) is 10.1 Å². The summed E-state index contributed by atoms with van der Waals surface area (Å²) in [5, 5.41) is 7.98. The molecule has 0 spiro atoms. The number of halogens is 4. The molecular formula is C7H4Cl4O2. The molecule has 2 unspecified atom stereocenters. The first-order valence-electron chi connectivity index (χ1n) is 3.20. The van der Waals surface area contributed by atoms with Crippen molar-refractivity contribution < 1.29 is 9.90 Å². The lowest BCUT2D eigenvalue weighted by molar-refractivity contribution is -0.138. The van der Waals surface area contributed by atoms with Gasteiger partial charge in [-0.1, -0.05) is 34.8 Å². The molecule has 0 saturated carbocycles. The Morgan fingerprint density at radius 3 is 2.54 bits per heavy atom. The lowest BCUT2D eigenvalue weighted by atomic mass is 9.99. The Morgan fingerprint density at radius 1 is 1.54 bits per heavy atom. The van der Waals surface area contributed by atoms with Crippen molar-refractivity contribution in [2.45, 2.75) is 10.3 Å². The van der Waals surface area contributed by atoms with Crippen molar-refractivity contribution >= 4 is 52.4 Å². The highest BCUT2D eigenvalue weighted by Crippen LogP contribution is 2.39. The topological polar surface area (TPSA) is 37.3 Å². The minimum Gasteiger partial charge on any atom is -0.480 e. The first-order chi connectivity index (χ1) is 5.89. The summed E-state index contributed by atoms with van der Waals surface area (Å²) >= 11 is 22.7. The van der Waals surface area contributed by atoms with E-state index < -0.39 is 16.2 Å². The van der Waals surface area contributed by atoms with Crippen LogP contribution in [0.3, 0.4) is 0 Å². The van der Waals surface area contributed by atoms with Crippen molar-refractivity contribution in [1.82, 2.24) is 0 Å². The van der Waals surface area contributed by atoms with Gasteiger partial charge >= 0.3 is 5.97 Å². The van der Waals surface area contributed by atoms with Crippen LogP contribution in [0, 0.1) is 0 Å². The number of hydrogen-bond acceptors (Lipinski definition) is 1. The predicted molar refractivity (Wildman–Crippen MR) is 53.7 cm³/mol. The highest BCUT2D eigenvalue weighted by atomic mass is 35.5. The molecule has 6 heteroatoms. The fraction of sp³-hybridized carbons (Fsp3) is 0.286. The molecule has 0 bridgehead atoms. The van der Waals surface area contributed by atoms with E-state index >= 15 is 0 Å². The molecule has 0 radical (unpaired) electrons. The van der Waals surface area contributed by atoms with E-state index in [0.29, 0.717) is 0 Å². The van der Waals surface area contributed by atoms with Crippen LogP contribution in [0.5, 0.6) is 0 Å². The summed E-state index contributed by atoms with van der Waals surface area (Å²) in [7, 11) is 0. The van der Waals surface area contributed by atoms with Gasteiger partial charge in [-0.15, -0.1) is 11.6 Å². The van der Waals surface area contributed by atoms with Crippen LogP contribution in [0.4, 0.5) is 0 Å². The zero-order valence-electron chi connectivity index (χ0n) is 6.10. The van der Waals surface area contributed by atoms with E-state index in [1.165, 1.54) is 12.2 Å². The molecule has 0 heterocycles. The van der Waals surface area contributed by atoms with Gasteiger partial charge in [0.1, 0.15) is 5.38 Å². The summed E-state index contributed by atoms with van der Waals surface area (Å²) in [6.07, 6.45) is 2.53. The zero-order valence-corrected chi connectivity index (χ0v) is 9.12. The van der Waals surface area contributed by atoms with Crippen LogP contribution in [0.1, 0.15) is 0 Å². The Labute approximate surface area is 94.7 Å². The van der Waals surface area contributed by atoms with E-state index in [4.69, 9.17) is 51.5 Å². The Kier molecular flexibility index (Phi) is 3.18. The number of carboxylic acid groups (broad SMARTS) is 1. The number of aliphatic carboxylic acids is 1. The molecule has 1 rings (SSSR count).